The second kappa shape index (κ2) is 5.04. The number of hydrogen-bond acceptors (Lipinski definition) is 2. The molecule has 1 heterocycles. The standard InChI is InChI=1S/C16H13F2NO/c17-11-5-6-13(14(18)8-11)16(20)7-10-9-19-15-4-2-1-3-12(10)15/h1-6,8,10,19H,7,9H2. The van der Waals surface area contributed by atoms with Gasteiger partial charge in [-0.05, 0) is 23.8 Å². The highest BCUT2D eigenvalue weighted by Crippen LogP contribution is 2.34. The smallest absolute Gasteiger partial charge is 0.166 e. The molecule has 2 aromatic rings. The van der Waals surface area contributed by atoms with E-state index < -0.39 is 11.6 Å². The van der Waals surface area contributed by atoms with E-state index in [9.17, 15) is 13.6 Å². The third kappa shape index (κ3) is 2.29. The van der Waals surface area contributed by atoms with Gasteiger partial charge >= 0.3 is 0 Å². The van der Waals surface area contributed by atoms with E-state index in [1.54, 1.807) is 0 Å². The summed E-state index contributed by atoms with van der Waals surface area (Å²) in [5.41, 5.74) is 2.05. The lowest BCUT2D eigenvalue weighted by Gasteiger charge is -2.09. The molecule has 3 rings (SSSR count). The second-order valence-corrected chi connectivity index (χ2v) is 4.92. The number of carbonyl (C=O) groups is 1. The SMILES string of the molecule is O=C(CC1CNc2ccccc21)c1ccc(F)cc1F. The molecule has 0 aromatic heterocycles. The summed E-state index contributed by atoms with van der Waals surface area (Å²) in [6, 6.07) is 10.8. The van der Waals surface area contributed by atoms with Crippen molar-refractivity contribution in [2.24, 2.45) is 0 Å². The highest BCUT2D eigenvalue weighted by molar-refractivity contribution is 5.97. The molecule has 1 aliphatic rings. The summed E-state index contributed by atoms with van der Waals surface area (Å²) in [6.07, 6.45) is 0.215. The maximum atomic E-state index is 13.6. The number of Topliss-reactive ketones (excluding diaryl/α,β-unsaturated/α-hetero) is 1. The minimum absolute atomic E-state index is 0.0307. The van der Waals surface area contributed by atoms with Crippen molar-refractivity contribution in [3.8, 4) is 0 Å². The molecule has 0 saturated heterocycles. The summed E-state index contributed by atoms with van der Waals surface area (Å²) in [5, 5.41) is 3.22. The van der Waals surface area contributed by atoms with Gasteiger partial charge in [0.2, 0.25) is 0 Å². The molecule has 1 N–H and O–H groups in total. The molecule has 0 saturated carbocycles. The molecule has 0 spiro atoms. The summed E-state index contributed by atoms with van der Waals surface area (Å²) in [5.74, 6) is -1.74. The monoisotopic (exact) mass is 273 g/mol. The predicted molar refractivity (Wildman–Crippen MR) is 73.0 cm³/mol. The third-order valence-corrected chi connectivity index (χ3v) is 3.60. The Bertz CT molecular complexity index is 669. The van der Waals surface area contributed by atoms with Crippen molar-refractivity contribution in [3.05, 3.63) is 65.2 Å². The Morgan fingerprint density at radius 2 is 2.00 bits per heavy atom. The van der Waals surface area contributed by atoms with Gasteiger partial charge in [0.05, 0.1) is 5.56 Å². The first kappa shape index (κ1) is 12.8. The second-order valence-electron chi connectivity index (χ2n) is 4.92. The normalized spacial score (nSPS) is 16.6. The molecule has 2 aromatic carbocycles. The number of ketones is 1. The molecule has 0 bridgehead atoms. The lowest BCUT2D eigenvalue weighted by Crippen LogP contribution is -2.11. The van der Waals surface area contributed by atoms with Crippen molar-refractivity contribution >= 4 is 11.5 Å². The van der Waals surface area contributed by atoms with Crippen molar-refractivity contribution < 1.29 is 13.6 Å². The van der Waals surface area contributed by atoms with E-state index in [0.29, 0.717) is 6.54 Å². The van der Waals surface area contributed by atoms with Gasteiger partial charge in [0.25, 0.3) is 0 Å². The zero-order valence-electron chi connectivity index (χ0n) is 10.7. The van der Waals surface area contributed by atoms with Crippen LogP contribution in [0.3, 0.4) is 0 Å². The Balaban J connectivity index is 1.81. The van der Waals surface area contributed by atoms with E-state index in [1.165, 1.54) is 6.07 Å². The van der Waals surface area contributed by atoms with E-state index in [2.05, 4.69) is 5.32 Å². The van der Waals surface area contributed by atoms with Gasteiger partial charge in [0.1, 0.15) is 11.6 Å². The van der Waals surface area contributed by atoms with Gasteiger partial charge < -0.3 is 5.32 Å². The van der Waals surface area contributed by atoms with Crippen LogP contribution in [0.15, 0.2) is 42.5 Å². The van der Waals surface area contributed by atoms with Crippen LogP contribution in [0.1, 0.15) is 28.3 Å². The van der Waals surface area contributed by atoms with Crippen molar-refractivity contribution in [2.45, 2.75) is 12.3 Å². The summed E-state index contributed by atoms with van der Waals surface area (Å²) in [7, 11) is 0. The van der Waals surface area contributed by atoms with Crippen LogP contribution in [0, 0.1) is 11.6 Å². The molecule has 1 atom stereocenters. The minimum atomic E-state index is -0.797. The summed E-state index contributed by atoms with van der Waals surface area (Å²) in [4.78, 5) is 12.2. The van der Waals surface area contributed by atoms with Crippen LogP contribution >= 0.6 is 0 Å². The number of rotatable bonds is 3. The first-order chi connectivity index (χ1) is 9.65. The number of para-hydroxylation sites is 1. The molecule has 2 nitrogen and oxygen atoms in total. The van der Waals surface area contributed by atoms with E-state index >= 15 is 0 Å². The molecule has 4 heteroatoms. The molecule has 102 valence electrons. The third-order valence-electron chi connectivity index (χ3n) is 3.60. The van der Waals surface area contributed by atoms with Crippen LogP contribution in [0.25, 0.3) is 0 Å². The molecule has 0 amide bonds. The van der Waals surface area contributed by atoms with Crippen LogP contribution in [-0.2, 0) is 0 Å². The molecule has 1 aliphatic heterocycles. The number of benzene rings is 2. The fourth-order valence-electron chi connectivity index (χ4n) is 2.59. The number of anilines is 1. The summed E-state index contributed by atoms with van der Waals surface area (Å²) < 4.78 is 26.4. The van der Waals surface area contributed by atoms with Gasteiger partial charge in [-0.15, -0.1) is 0 Å². The van der Waals surface area contributed by atoms with Gasteiger partial charge in [-0.25, -0.2) is 8.78 Å². The highest BCUT2D eigenvalue weighted by Gasteiger charge is 2.25. The van der Waals surface area contributed by atoms with Crippen molar-refractivity contribution in [1.82, 2.24) is 0 Å². The summed E-state index contributed by atoms with van der Waals surface area (Å²) >= 11 is 0. The minimum Gasteiger partial charge on any atom is -0.384 e. The van der Waals surface area contributed by atoms with Gasteiger partial charge in [-0.2, -0.15) is 0 Å². The van der Waals surface area contributed by atoms with Gasteiger partial charge in [-0.1, -0.05) is 18.2 Å². The van der Waals surface area contributed by atoms with Crippen molar-refractivity contribution in [2.75, 3.05) is 11.9 Å². The number of halogens is 2. The molecular weight excluding hydrogens is 260 g/mol. The fraction of sp³-hybridized carbons (Fsp3) is 0.188. The summed E-state index contributed by atoms with van der Waals surface area (Å²) in [6.45, 7) is 0.661. The Morgan fingerprint density at radius 1 is 1.20 bits per heavy atom. The van der Waals surface area contributed by atoms with E-state index in [1.807, 2.05) is 24.3 Å². The highest BCUT2D eigenvalue weighted by atomic mass is 19.1. The first-order valence-corrected chi connectivity index (χ1v) is 6.46. The number of fused-ring (bicyclic) bond motifs is 1. The lowest BCUT2D eigenvalue weighted by atomic mass is 9.93. The van der Waals surface area contributed by atoms with Crippen molar-refractivity contribution in [3.63, 3.8) is 0 Å². The predicted octanol–water partition coefficient (Wildman–Crippen LogP) is 3.75. The van der Waals surface area contributed by atoms with Crippen LogP contribution in [0.5, 0.6) is 0 Å². The average Bonchev–Trinajstić information content (AvgIpc) is 2.82. The van der Waals surface area contributed by atoms with E-state index in [0.717, 1.165) is 23.4 Å². The van der Waals surface area contributed by atoms with E-state index in [4.69, 9.17) is 0 Å². The maximum absolute atomic E-state index is 13.6. The fourth-order valence-corrected chi connectivity index (χ4v) is 2.59. The van der Waals surface area contributed by atoms with Crippen LogP contribution < -0.4 is 5.32 Å². The van der Waals surface area contributed by atoms with Crippen LogP contribution in [0.2, 0.25) is 0 Å². The topological polar surface area (TPSA) is 29.1 Å². The van der Waals surface area contributed by atoms with Crippen LogP contribution in [-0.4, -0.2) is 12.3 Å². The van der Waals surface area contributed by atoms with Crippen molar-refractivity contribution in [1.29, 1.82) is 0 Å². The van der Waals surface area contributed by atoms with Gasteiger partial charge in [0, 0.05) is 30.6 Å². The van der Waals surface area contributed by atoms with Gasteiger partial charge in [-0.3, -0.25) is 4.79 Å². The zero-order valence-corrected chi connectivity index (χ0v) is 10.7. The lowest BCUT2D eigenvalue weighted by molar-refractivity contribution is 0.0971. The van der Waals surface area contributed by atoms with E-state index in [-0.39, 0.29) is 23.7 Å². The Hall–Kier alpha value is -2.23. The maximum Gasteiger partial charge on any atom is 0.166 e. The average molecular weight is 273 g/mol. The quantitative estimate of drug-likeness (QED) is 0.863. The Labute approximate surface area is 115 Å². The molecule has 0 aliphatic carbocycles. The van der Waals surface area contributed by atoms with Crippen LogP contribution in [0.4, 0.5) is 14.5 Å². The molecule has 0 radical (unpaired) electrons. The first-order valence-electron chi connectivity index (χ1n) is 6.46. The molecular formula is C16H13F2NO. The molecule has 0 fully saturated rings. The number of nitrogens with one attached hydrogen (secondary N) is 1. The molecule has 20 heavy (non-hydrogen) atoms. The Kier molecular flexibility index (Phi) is 3.22. The number of carbonyl (C=O) groups excluding carboxylic acids is 1. The Morgan fingerprint density at radius 3 is 2.80 bits per heavy atom. The van der Waals surface area contributed by atoms with Gasteiger partial charge in [0.15, 0.2) is 5.78 Å². The zero-order chi connectivity index (χ0) is 14.1. The molecule has 1 unspecified atom stereocenters. The number of hydrogen-bond donors (Lipinski definition) is 1. The largest absolute Gasteiger partial charge is 0.384 e.